The minimum atomic E-state index is 0. The Hall–Kier alpha value is -1.06. The van der Waals surface area contributed by atoms with Gasteiger partial charge in [0.2, 0.25) is 0 Å². The van der Waals surface area contributed by atoms with E-state index in [4.69, 9.17) is 19.2 Å². The van der Waals surface area contributed by atoms with Gasteiger partial charge in [-0.3, -0.25) is 4.99 Å². The average molecular weight is 491 g/mol. The van der Waals surface area contributed by atoms with E-state index in [2.05, 4.69) is 10.6 Å². The van der Waals surface area contributed by atoms with Gasteiger partial charge >= 0.3 is 0 Å². The molecule has 0 aliphatic heterocycles. The van der Waals surface area contributed by atoms with Crippen LogP contribution in [0.2, 0.25) is 0 Å². The molecule has 0 saturated heterocycles. The van der Waals surface area contributed by atoms with Gasteiger partial charge in [0, 0.05) is 32.5 Å². The van der Waals surface area contributed by atoms with Crippen LogP contribution in [0, 0.1) is 5.92 Å². The molecule has 1 aliphatic carbocycles. The molecule has 1 fully saturated rings. The van der Waals surface area contributed by atoms with E-state index in [1.54, 1.807) is 7.11 Å². The Morgan fingerprint density at radius 1 is 1.15 bits per heavy atom. The van der Waals surface area contributed by atoms with E-state index >= 15 is 0 Å². The highest BCUT2D eigenvalue weighted by Crippen LogP contribution is 2.28. The molecule has 0 unspecified atom stereocenters. The Bertz CT molecular complexity index is 534. The molecule has 0 atom stereocenters. The predicted molar refractivity (Wildman–Crippen MR) is 122 cm³/mol. The molecule has 0 amide bonds. The summed E-state index contributed by atoms with van der Waals surface area (Å²) in [4.78, 5) is 4.70. The van der Waals surface area contributed by atoms with Crippen LogP contribution in [0.1, 0.15) is 33.1 Å². The average Bonchev–Trinajstić information content (AvgIpc) is 3.44. The predicted octanol–water partition coefficient (Wildman–Crippen LogP) is 3.91. The molecule has 0 heterocycles. The summed E-state index contributed by atoms with van der Waals surface area (Å²) in [5.74, 6) is 2.46. The van der Waals surface area contributed by atoms with Gasteiger partial charge in [0.25, 0.3) is 0 Å². The monoisotopic (exact) mass is 491 g/mol. The van der Waals surface area contributed by atoms with Gasteiger partial charge in [0.05, 0.1) is 19.3 Å². The minimum Gasteiger partial charge on any atom is -0.491 e. The van der Waals surface area contributed by atoms with Gasteiger partial charge in [0.1, 0.15) is 5.75 Å². The number of anilines is 1. The topological polar surface area (TPSA) is 64.1 Å². The molecule has 0 spiro atoms. The largest absolute Gasteiger partial charge is 0.491 e. The van der Waals surface area contributed by atoms with Crippen LogP contribution < -0.4 is 15.4 Å². The molecule has 1 aliphatic rings. The first-order valence-electron chi connectivity index (χ1n) is 9.56. The van der Waals surface area contributed by atoms with Crippen molar-refractivity contribution in [2.75, 3.05) is 45.3 Å². The Morgan fingerprint density at radius 3 is 2.52 bits per heavy atom. The van der Waals surface area contributed by atoms with Crippen LogP contribution >= 0.6 is 24.0 Å². The van der Waals surface area contributed by atoms with Gasteiger partial charge in [-0.25, -0.2) is 0 Å². The molecule has 7 heteroatoms. The van der Waals surface area contributed by atoms with E-state index in [9.17, 15) is 0 Å². The zero-order valence-corrected chi connectivity index (χ0v) is 19.0. The maximum atomic E-state index is 5.68. The number of nitrogens with one attached hydrogen (secondary N) is 2. The molecule has 154 valence electrons. The van der Waals surface area contributed by atoms with Crippen LogP contribution in [0.3, 0.4) is 0 Å². The van der Waals surface area contributed by atoms with Gasteiger partial charge in [-0.05, 0) is 63.3 Å². The van der Waals surface area contributed by atoms with Crippen LogP contribution in [0.25, 0.3) is 0 Å². The lowest BCUT2D eigenvalue weighted by molar-refractivity contribution is 0.0699. The van der Waals surface area contributed by atoms with Crippen LogP contribution in [-0.4, -0.2) is 52.1 Å². The number of guanidine groups is 1. The first-order valence-corrected chi connectivity index (χ1v) is 9.56. The van der Waals surface area contributed by atoms with Crippen molar-refractivity contribution in [3.05, 3.63) is 24.3 Å². The highest BCUT2D eigenvalue weighted by atomic mass is 127. The number of methoxy groups -OCH3 is 1. The van der Waals surface area contributed by atoms with Crippen molar-refractivity contribution in [2.45, 2.75) is 39.2 Å². The fourth-order valence-corrected chi connectivity index (χ4v) is 2.31. The fourth-order valence-electron chi connectivity index (χ4n) is 2.31. The first kappa shape index (κ1) is 24.0. The van der Waals surface area contributed by atoms with Gasteiger partial charge in [-0.15, -0.1) is 24.0 Å². The number of ether oxygens (including phenoxy) is 3. The van der Waals surface area contributed by atoms with Crippen molar-refractivity contribution < 1.29 is 14.2 Å². The van der Waals surface area contributed by atoms with E-state index in [0.717, 1.165) is 42.8 Å². The van der Waals surface area contributed by atoms with Gasteiger partial charge in [-0.1, -0.05) is 0 Å². The summed E-state index contributed by atoms with van der Waals surface area (Å²) in [5.41, 5.74) is 1.000. The molecule has 27 heavy (non-hydrogen) atoms. The van der Waals surface area contributed by atoms with Crippen LogP contribution in [-0.2, 0) is 9.47 Å². The molecule has 2 N–H and O–H groups in total. The summed E-state index contributed by atoms with van der Waals surface area (Å²) < 4.78 is 16.1. The Morgan fingerprint density at radius 2 is 1.89 bits per heavy atom. The van der Waals surface area contributed by atoms with E-state index in [-0.39, 0.29) is 30.1 Å². The number of halogens is 1. The minimum absolute atomic E-state index is 0. The van der Waals surface area contributed by atoms with E-state index in [1.807, 2.05) is 38.1 Å². The summed E-state index contributed by atoms with van der Waals surface area (Å²) in [5, 5.41) is 6.76. The van der Waals surface area contributed by atoms with Crippen molar-refractivity contribution in [3.63, 3.8) is 0 Å². The third kappa shape index (κ3) is 11.4. The highest BCUT2D eigenvalue weighted by molar-refractivity contribution is 14.0. The second kappa shape index (κ2) is 14.0. The Balaban J connectivity index is 0.00000364. The third-order valence-corrected chi connectivity index (χ3v) is 3.88. The molecule has 0 bridgehead atoms. The molecular weight excluding hydrogens is 457 g/mol. The maximum Gasteiger partial charge on any atom is 0.195 e. The van der Waals surface area contributed by atoms with Crippen molar-refractivity contribution in [3.8, 4) is 5.75 Å². The quantitative estimate of drug-likeness (QED) is 0.201. The fraction of sp³-hybridized carbons (Fsp3) is 0.650. The Kier molecular flexibility index (Phi) is 12.4. The number of rotatable bonds is 12. The standard InChI is InChI=1S/C20H33N3O3.HI/c1-16(2)26-19-9-7-18(8-10-19)23-20(22-15-17-5-6-17)21-11-4-12-25-14-13-24-3;/h7-10,16-17H,4-6,11-15H2,1-3H3,(H2,21,22,23);1H. The number of aliphatic imine (C=N–C) groups is 1. The van der Waals surface area contributed by atoms with Gasteiger partial charge in [0.15, 0.2) is 5.96 Å². The molecule has 0 aromatic heterocycles. The van der Waals surface area contributed by atoms with Crippen molar-refractivity contribution in [1.82, 2.24) is 5.32 Å². The van der Waals surface area contributed by atoms with Crippen LogP contribution in [0.5, 0.6) is 5.75 Å². The molecule has 6 nitrogen and oxygen atoms in total. The SMILES string of the molecule is COCCOCCCNC(=NCC1CC1)Nc1ccc(OC(C)C)cc1.I. The molecule has 1 saturated carbocycles. The lowest BCUT2D eigenvalue weighted by Gasteiger charge is -2.14. The third-order valence-electron chi connectivity index (χ3n) is 3.88. The van der Waals surface area contributed by atoms with Crippen molar-refractivity contribution in [2.24, 2.45) is 10.9 Å². The summed E-state index contributed by atoms with van der Waals surface area (Å²) in [7, 11) is 1.68. The molecule has 1 aromatic carbocycles. The van der Waals surface area contributed by atoms with Crippen molar-refractivity contribution >= 4 is 35.6 Å². The zero-order valence-electron chi connectivity index (χ0n) is 16.7. The number of nitrogens with zero attached hydrogens (tertiary/aromatic N) is 1. The second-order valence-electron chi connectivity index (χ2n) is 6.83. The summed E-state index contributed by atoms with van der Waals surface area (Å²) in [6, 6.07) is 7.98. The number of hydrogen-bond acceptors (Lipinski definition) is 4. The maximum absolute atomic E-state index is 5.68. The highest BCUT2D eigenvalue weighted by Gasteiger charge is 2.20. The summed E-state index contributed by atoms with van der Waals surface area (Å²) in [6.45, 7) is 7.75. The van der Waals surface area contributed by atoms with E-state index in [0.29, 0.717) is 19.8 Å². The number of hydrogen-bond donors (Lipinski definition) is 2. The second-order valence-corrected chi connectivity index (χ2v) is 6.83. The normalized spacial score (nSPS) is 14.0. The molecular formula is C20H34IN3O3. The Labute approximate surface area is 180 Å². The lowest BCUT2D eigenvalue weighted by atomic mass is 10.3. The molecule has 1 aromatic rings. The van der Waals surface area contributed by atoms with Crippen molar-refractivity contribution in [1.29, 1.82) is 0 Å². The summed E-state index contributed by atoms with van der Waals surface area (Å²) >= 11 is 0. The van der Waals surface area contributed by atoms with Gasteiger partial charge < -0.3 is 24.8 Å². The molecule has 2 rings (SSSR count). The van der Waals surface area contributed by atoms with E-state index < -0.39 is 0 Å². The van der Waals surface area contributed by atoms with E-state index in [1.165, 1.54) is 12.8 Å². The van der Waals surface area contributed by atoms with Crippen LogP contribution in [0.4, 0.5) is 5.69 Å². The summed E-state index contributed by atoms with van der Waals surface area (Å²) in [6.07, 6.45) is 3.70. The van der Waals surface area contributed by atoms with Crippen LogP contribution in [0.15, 0.2) is 29.3 Å². The zero-order chi connectivity index (χ0) is 18.6. The lowest BCUT2D eigenvalue weighted by Crippen LogP contribution is -2.32. The first-order chi connectivity index (χ1) is 12.7. The van der Waals surface area contributed by atoms with Gasteiger partial charge in [-0.2, -0.15) is 0 Å². The molecule has 0 radical (unpaired) electrons. The smallest absolute Gasteiger partial charge is 0.195 e. The number of benzene rings is 1.